The van der Waals surface area contributed by atoms with Crippen LogP contribution in [0.25, 0.3) is 31.0 Å². The summed E-state index contributed by atoms with van der Waals surface area (Å²) in [6.07, 6.45) is -1.76. The first-order valence-corrected chi connectivity index (χ1v) is 33.2. The maximum atomic E-state index is 13.2. The Balaban J connectivity index is 0.000000221. The summed E-state index contributed by atoms with van der Waals surface area (Å²) in [5.74, 6) is -6.75. The molecule has 24 nitrogen and oxygen atoms in total. The first kappa shape index (κ1) is 80.7. The van der Waals surface area contributed by atoms with Gasteiger partial charge in [0.15, 0.2) is 0 Å². The first-order chi connectivity index (χ1) is 48.2. The minimum absolute atomic E-state index is 0. The van der Waals surface area contributed by atoms with Gasteiger partial charge in [-0.15, -0.1) is 46.4 Å². The molecule has 5 amide bonds. The van der Waals surface area contributed by atoms with E-state index in [2.05, 4.69) is 63.3 Å². The smallest absolute Gasteiger partial charge is 0.462 e. The predicted molar refractivity (Wildman–Crippen MR) is 385 cm³/mol. The zero-order chi connectivity index (χ0) is 75.0. The van der Waals surface area contributed by atoms with Gasteiger partial charge in [0.1, 0.15) is 45.7 Å². The number of fused-ring (bicyclic) bond motifs is 3. The summed E-state index contributed by atoms with van der Waals surface area (Å²) < 4.78 is 85.1. The number of thiophene rings is 3. The van der Waals surface area contributed by atoms with Crippen molar-refractivity contribution in [3.63, 3.8) is 0 Å². The van der Waals surface area contributed by atoms with Gasteiger partial charge in [-0.05, 0) is 140 Å². The van der Waals surface area contributed by atoms with Gasteiger partial charge < -0.3 is 46.7 Å². The second-order valence-electron chi connectivity index (χ2n) is 22.6. The van der Waals surface area contributed by atoms with Crippen molar-refractivity contribution < 1.29 is 69.4 Å². The van der Waals surface area contributed by atoms with Crippen molar-refractivity contribution in [3.8, 4) is 12.1 Å². The highest BCUT2D eigenvalue weighted by molar-refractivity contribution is 7.22. The van der Waals surface area contributed by atoms with E-state index >= 15 is 0 Å². The molecule has 103 heavy (non-hydrogen) atoms. The van der Waals surface area contributed by atoms with Crippen molar-refractivity contribution in [2.24, 2.45) is 0 Å². The second-order valence-corrected chi connectivity index (χ2v) is 25.6. The minimum atomic E-state index is -5.08. The monoisotopic (exact) mass is 1490 g/mol. The summed E-state index contributed by atoms with van der Waals surface area (Å²) in [5.41, 5.74) is 12.1. The van der Waals surface area contributed by atoms with Crippen LogP contribution < -0.4 is 37.2 Å². The van der Waals surface area contributed by atoms with Crippen molar-refractivity contribution in [3.05, 3.63) is 170 Å². The lowest BCUT2D eigenvalue weighted by atomic mass is 9.85. The number of esters is 2. The average Bonchev–Trinajstić information content (AvgIpc) is 1.59. The van der Waals surface area contributed by atoms with Crippen molar-refractivity contribution >= 4 is 159 Å². The molecule has 0 aliphatic carbocycles. The lowest BCUT2D eigenvalue weighted by molar-refractivity contribution is -0.170. The van der Waals surface area contributed by atoms with Crippen LogP contribution in [0.5, 0.6) is 0 Å². The fraction of sp³-hybridized carbons (Fsp3) is 0.261. The molecule has 0 saturated heterocycles. The number of aryl methyl sites for hydroxylation is 2. The molecule has 0 aliphatic rings. The number of rotatable bonds is 17. The van der Waals surface area contributed by atoms with Crippen LogP contribution in [0.3, 0.4) is 0 Å². The Morgan fingerprint density at radius 2 is 0.981 bits per heavy atom. The number of nitrogens with two attached hydrogens (primary N) is 1. The van der Waals surface area contributed by atoms with Crippen LogP contribution in [-0.4, -0.2) is 110 Å². The number of nitriles is 2. The Morgan fingerprint density at radius 3 is 1.45 bits per heavy atom. The molecule has 0 radical (unpaired) electrons. The Morgan fingerprint density at radius 1 is 0.534 bits per heavy atom. The van der Waals surface area contributed by atoms with Gasteiger partial charge in [0, 0.05) is 84.1 Å². The zero-order valence-corrected chi connectivity index (χ0v) is 59.8. The third-order valence-corrected chi connectivity index (χ3v) is 17.8. The van der Waals surface area contributed by atoms with Crippen molar-refractivity contribution in [2.45, 2.75) is 92.4 Å². The number of halogens is 7. The van der Waals surface area contributed by atoms with Crippen LogP contribution in [0.15, 0.2) is 122 Å². The lowest BCUT2D eigenvalue weighted by Crippen LogP contribution is -2.41. The van der Waals surface area contributed by atoms with E-state index in [1.54, 1.807) is 86.2 Å². The number of amides is 5. The highest BCUT2D eigenvalue weighted by atomic mass is 35.5. The van der Waals surface area contributed by atoms with E-state index in [0.717, 1.165) is 44.9 Å². The van der Waals surface area contributed by atoms with E-state index in [9.17, 15) is 70.4 Å². The SMILES string of the molecule is CCNc1c(C(=O)Nc2cc(NC(=O)c3cccc(C(C)(C)C#N)c3)ccc2C)sc2nccnc12.CCOC(=O)c1sc2nccnc2c1N(CC)C(=O)C(F)(F)F.CCOC(=O)c1sc2nccnc2c1NC(=O)C(F)(F)F.Cc1ccc(NC(=O)c2cccc(C(C)(C)C#N)c2)cc1N.Cl. The maximum Gasteiger partial charge on any atom is 0.471 e. The first-order valence-electron chi connectivity index (χ1n) is 30.7. The van der Waals surface area contributed by atoms with Crippen LogP contribution in [0, 0.1) is 36.5 Å². The number of carbonyl (C=O) groups excluding carboxylic acids is 7. The van der Waals surface area contributed by atoms with Crippen LogP contribution in [0.2, 0.25) is 0 Å². The number of hydrogen-bond donors (Lipinski definition) is 6. The molecule has 0 aliphatic heterocycles. The van der Waals surface area contributed by atoms with Gasteiger partial charge in [-0.25, -0.2) is 39.5 Å². The third kappa shape index (κ3) is 20.1. The number of ether oxygens (including phenoxy) is 2. The highest BCUT2D eigenvalue weighted by Gasteiger charge is 2.45. The second kappa shape index (κ2) is 34.9. The van der Waals surface area contributed by atoms with E-state index in [-0.39, 0.29) is 91.7 Å². The van der Waals surface area contributed by atoms with E-state index in [4.69, 9.17) is 15.2 Å². The normalized spacial score (nSPS) is 11.1. The fourth-order valence-electron chi connectivity index (χ4n) is 9.12. The van der Waals surface area contributed by atoms with Crippen LogP contribution in [-0.2, 0) is 29.9 Å². The Hall–Kier alpha value is -11.3. The van der Waals surface area contributed by atoms with Crippen molar-refractivity contribution in [1.82, 2.24) is 29.9 Å². The standard InChI is InChI=1S/C27H26N6O2S.C18H19N3O.C13H12F3N3O3S.C11H8F3N3O3S.ClH/c1-5-29-21-22-26(31-12-11-30-22)36-23(21)25(35)33-20-14-19(10-9-16(20)2)32-24(34)17-7-6-8-18(13-17)27(3,4)15-28;1-12-7-8-15(10-16(12)20)21-17(22)13-5-4-6-14(9-13)18(2,3)11-19;1-3-19(12(21)13(14,15)16)8-7-10(18-6-5-17-7)23-9(8)11(20)22-4-2;1-2-20-9(18)7-5(17-10(19)11(12,13)14)6-8(21-7)16-4-3-15-6;/h6-14,29H,5H2,1-4H3,(H,32,34)(H,33,35);4-10H,20H2,1-3H3,(H,21,22);5-6H,3-4H2,1-2H3;3-4H,2H2,1H3,(H,17,19);1H. The molecule has 4 aromatic carbocycles. The van der Waals surface area contributed by atoms with Crippen molar-refractivity contribution in [2.75, 3.05) is 63.5 Å². The molecule has 0 fully saturated rings. The number of anilines is 7. The van der Waals surface area contributed by atoms with Gasteiger partial charge in [0.2, 0.25) is 0 Å². The molecule has 0 bridgehead atoms. The topological polar surface area (TPSA) is 352 Å². The molecule has 0 saturated carbocycles. The number of alkyl halides is 6. The molecule has 538 valence electrons. The number of benzene rings is 4. The summed E-state index contributed by atoms with van der Waals surface area (Å²) in [7, 11) is 0. The molecule has 7 N–H and O–H groups in total. The summed E-state index contributed by atoms with van der Waals surface area (Å²) in [4.78, 5) is 111. The third-order valence-electron chi connectivity index (χ3n) is 14.5. The van der Waals surface area contributed by atoms with Crippen molar-refractivity contribution in [1.29, 1.82) is 10.5 Å². The molecule has 34 heteroatoms. The van der Waals surface area contributed by atoms with Crippen LogP contribution in [0.1, 0.15) is 127 Å². The Bertz CT molecular complexity index is 4900. The average molecular weight is 1500 g/mol. The van der Waals surface area contributed by atoms with Crippen LogP contribution in [0.4, 0.5) is 66.2 Å². The van der Waals surface area contributed by atoms with E-state index < -0.39 is 46.9 Å². The highest BCUT2D eigenvalue weighted by Crippen LogP contribution is 2.40. The number of hydrogen-bond acceptors (Lipinski definition) is 22. The molecule has 0 unspecified atom stereocenters. The predicted octanol–water partition coefficient (Wildman–Crippen LogP) is 14.9. The van der Waals surface area contributed by atoms with Crippen LogP contribution >= 0.6 is 46.4 Å². The number of carbonyl (C=O) groups is 7. The Kier molecular flexibility index (Phi) is 27.3. The summed E-state index contributed by atoms with van der Waals surface area (Å²) >= 11 is 2.90. The molecule has 6 aromatic heterocycles. The summed E-state index contributed by atoms with van der Waals surface area (Å²) in [6.45, 7) is 17.9. The molecular weight excluding hydrogens is 1430 g/mol. The summed E-state index contributed by atoms with van der Waals surface area (Å²) in [6, 6.07) is 29.4. The minimum Gasteiger partial charge on any atom is -0.462 e. The molecule has 10 rings (SSSR count). The number of nitrogens with one attached hydrogen (secondary N) is 5. The van der Waals surface area contributed by atoms with Gasteiger partial charge >= 0.3 is 36.1 Å². The van der Waals surface area contributed by atoms with E-state index in [1.165, 1.54) is 43.0 Å². The number of nitrogens with zero attached hydrogens (tertiary/aromatic N) is 9. The van der Waals surface area contributed by atoms with Gasteiger partial charge in [-0.2, -0.15) is 36.9 Å². The molecule has 0 atom stereocenters. The summed E-state index contributed by atoms with van der Waals surface area (Å²) in [5, 5.41) is 32.2. The molecular formula is C69H66ClF6N15O9S3. The van der Waals surface area contributed by atoms with Gasteiger partial charge in [0.25, 0.3) is 17.7 Å². The zero-order valence-electron chi connectivity index (χ0n) is 56.6. The van der Waals surface area contributed by atoms with Gasteiger partial charge in [0.05, 0.1) is 53.2 Å². The fourth-order valence-corrected chi connectivity index (χ4v) is 12.0. The molecule has 0 spiro atoms. The Labute approximate surface area is 603 Å². The van der Waals surface area contributed by atoms with E-state index in [0.29, 0.717) is 66.2 Å². The maximum absolute atomic E-state index is 13.2. The van der Waals surface area contributed by atoms with Gasteiger partial charge in [-0.1, -0.05) is 36.4 Å². The van der Waals surface area contributed by atoms with E-state index in [1.807, 2.05) is 78.8 Å². The molecule has 6 heterocycles. The molecule has 10 aromatic rings. The van der Waals surface area contributed by atoms with Gasteiger partial charge in [-0.3, -0.25) is 24.0 Å². The quantitative estimate of drug-likeness (QED) is 0.0280. The number of nitrogen functional groups attached to an aromatic ring is 1. The number of aromatic nitrogens is 6. The largest absolute Gasteiger partial charge is 0.471 e. The lowest BCUT2D eigenvalue weighted by Gasteiger charge is -2.22.